The van der Waals surface area contributed by atoms with Gasteiger partial charge in [0, 0.05) is 25.0 Å². The van der Waals surface area contributed by atoms with E-state index in [4.69, 9.17) is 0 Å². The van der Waals surface area contributed by atoms with Crippen molar-refractivity contribution in [2.24, 2.45) is 17.8 Å². The van der Waals surface area contributed by atoms with Crippen LogP contribution in [-0.2, 0) is 6.42 Å². The molecule has 1 aromatic heterocycles. The van der Waals surface area contributed by atoms with Gasteiger partial charge >= 0.3 is 0 Å². The highest BCUT2D eigenvalue weighted by atomic mass is 15.1. The minimum absolute atomic E-state index is 0.746. The fourth-order valence-corrected chi connectivity index (χ4v) is 4.64. The zero-order valence-corrected chi connectivity index (χ0v) is 14.0. The summed E-state index contributed by atoms with van der Waals surface area (Å²) in [5.41, 5.74) is 1.41. The van der Waals surface area contributed by atoms with Crippen LogP contribution in [0.25, 0.3) is 0 Å². The molecule has 2 fully saturated rings. The summed E-state index contributed by atoms with van der Waals surface area (Å²) in [6, 6.07) is 5.02. The number of fused-ring (bicyclic) bond motifs is 2. The number of nitrogens with zero attached hydrogens (tertiary/aromatic N) is 2. The lowest BCUT2D eigenvalue weighted by molar-refractivity contribution is 0.195. The van der Waals surface area contributed by atoms with Gasteiger partial charge in [-0.1, -0.05) is 12.2 Å². The van der Waals surface area contributed by atoms with E-state index in [9.17, 15) is 0 Å². The van der Waals surface area contributed by atoms with Crippen molar-refractivity contribution in [2.75, 3.05) is 26.2 Å². The molecule has 4 rings (SSSR count). The van der Waals surface area contributed by atoms with E-state index < -0.39 is 0 Å². The number of pyridine rings is 1. The second-order valence-corrected chi connectivity index (χ2v) is 7.67. The van der Waals surface area contributed by atoms with Crippen LogP contribution in [0.3, 0.4) is 0 Å². The maximum atomic E-state index is 4.09. The lowest BCUT2D eigenvalue weighted by Crippen LogP contribution is -2.44. The van der Waals surface area contributed by atoms with Crippen LogP contribution in [-0.4, -0.2) is 42.1 Å². The van der Waals surface area contributed by atoms with Gasteiger partial charge in [0.1, 0.15) is 0 Å². The number of allylic oxidation sites excluding steroid dienone is 2. The molecule has 2 aliphatic carbocycles. The van der Waals surface area contributed by atoms with E-state index in [1.54, 1.807) is 0 Å². The molecule has 3 heteroatoms. The summed E-state index contributed by atoms with van der Waals surface area (Å²) in [4.78, 5) is 6.72. The Morgan fingerprint density at radius 2 is 1.91 bits per heavy atom. The molecule has 0 amide bonds. The molecule has 0 aromatic carbocycles. The van der Waals surface area contributed by atoms with Gasteiger partial charge in [0.2, 0.25) is 0 Å². The summed E-state index contributed by atoms with van der Waals surface area (Å²) >= 11 is 0. The van der Waals surface area contributed by atoms with Crippen LogP contribution in [0.5, 0.6) is 0 Å². The Morgan fingerprint density at radius 3 is 2.61 bits per heavy atom. The Bertz CT molecular complexity index is 519. The van der Waals surface area contributed by atoms with Gasteiger partial charge in [0.25, 0.3) is 0 Å². The molecule has 1 saturated heterocycles. The molecule has 3 unspecified atom stereocenters. The Balaban J connectivity index is 1.14. The molecule has 1 aliphatic heterocycles. The van der Waals surface area contributed by atoms with Crippen molar-refractivity contribution in [3.05, 3.63) is 42.2 Å². The van der Waals surface area contributed by atoms with Crippen LogP contribution >= 0.6 is 0 Å². The van der Waals surface area contributed by atoms with Crippen LogP contribution in [0.1, 0.15) is 31.2 Å². The Labute approximate surface area is 140 Å². The normalized spacial score (nSPS) is 31.0. The molecular formula is C20H29N3. The molecule has 1 aromatic rings. The van der Waals surface area contributed by atoms with Crippen LogP contribution < -0.4 is 5.32 Å². The highest BCUT2D eigenvalue weighted by Crippen LogP contribution is 2.43. The molecule has 2 bridgehead atoms. The van der Waals surface area contributed by atoms with Gasteiger partial charge in [-0.25, -0.2) is 0 Å². The van der Waals surface area contributed by atoms with E-state index in [-0.39, 0.29) is 0 Å². The van der Waals surface area contributed by atoms with Gasteiger partial charge in [-0.2, -0.15) is 0 Å². The van der Waals surface area contributed by atoms with Crippen molar-refractivity contribution in [3.8, 4) is 0 Å². The fourth-order valence-electron chi connectivity index (χ4n) is 4.64. The zero-order chi connectivity index (χ0) is 15.5. The molecular weight excluding hydrogens is 282 g/mol. The third-order valence-electron chi connectivity index (χ3n) is 6.14. The van der Waals surface area contributed by atoms with Crippen molar-refractivity contribution in [2.45, 2.75) is 38.1 Å². The molecule has 0 radical (unpaired) electrons. The number of nitrogens with one attached hydrogen (secondary N) is 1. The molecule has 1 N–H and O–H groups in total. The summed E-state index contributed by atoms with van der Waals surface area (Å²) in [7, 11) is 0. The van der Waals surface area contributed by atoms with E-state index >= 15 is 0 Å². The van der Waals surface area contributed by atoms with Gasteiger partial charge in [0.05, 0.1) is 0 Å². The number of hydrogen-bond acceptors (Lipinski definition) is 3. The topological polar surface area (TPSA) is 28.2 Å². The molecule has 1 saturated carbocycles. The summed E-state index contributed by atoms with van der Waals surface area (Å²) in [5.74, 6) is 2.70. The van der Waals surface area contributed by atoms with E-state index in [1.807, 2.05) is 12.4 Å². The molecule has 3 nitrogen and oxygen atoms in total. The van der Waals surface area contributed by atoms with E-state index in [1.165, 1.54) is 57.4 Å². The predicted octanol–water partition coefficient (Wildman–Crippen LogP) is 2.89. The smallest absolute Gasteiger partial charge is 0.0270 e. The van der Waals surface area contributed by atoms with E-state index in [2.05, 4.69) is 39.5 Å². The number of rotatable bonds is 6. The number of aromatic nitrogens is 1. The van der Waals surface area contributed by atoms with Crippen LogP contribution in [0, 0.1) is 17.8 Å². The van der Waals surface area contributed by atoms with Gasteiger partial charge in [0.15, 0.2) is 0 Å². The molecule has 124 valence electrons. The first-order chi connectivity index (χ1) is 11.4. The summed E-state index contributed by atoms with van der Waals surface area (Å²) < 4.78 is 0. The molecule has 3 aliphatic rings. The Hall–Kier alpha value is -1.19. The number of hydrogen-bond donors (Lipinski definition) is 1. The van der Waals surface area contributed by atoms with Crippen molar-refractivity contribution in [1.29, 1.82) is 0 Å². The highest BCUT2D eigenvalue weighted by Gasteiger charge is 2.35. The second-order valence-electron chi connectivity index (χ2n) is 7.67. The molecule has 0 spiro atoms. The highest BCUT2D eigenvalue weighted by molar-refractivity contribution is 5.11. The third-order valence-corrected chi connectivity index (χ3v) is 6.14. The number of likely N-dealkylation sites (tertiary alicyclic amines) is 1. The summed E-state index contributed by atoms with van der Waals surface area (Å²) in [5, 5.41) is 3.87. The molecule has 3 atom stereocenters. The van der Waals surface area contributed by atoms with Gasteiger partial charge in [-0.05, 0) is 87.2 Å². The average molecular weight is 311 g/mol. The van der Waals surface area contributed by atoms with Crippen LogP contribution in [0.2, 0.25) is 0 Å². The first kappa shape index (κ1) is 15.3. The van der Waals surface area contributed by atoms with Crippen molar-refractivity contribution in [1.82, 2.24) is 15.2 Å². The lowest BCUT2D eigenvalue weighted by Gasteiger charge is -2.33. The van der Waals surface area contributed by atoms with E-state index in [0.717, 1.165) is 30.2 Å². The third kappa shape index (κ3) is 3.84. The van der Waals surface area contributed by atoms with E-state index in [0.29, 0.717) is 0 Å². The van der Waals surface area contributed by atoms with Crippen molar-refractivity contribution in [3.63, 3.8) is 0 Å². The molecule has 23 heavy (non-hydrogen) atoms. The first-order valence-corrected chi connectivity index (χ1v) is 9.40. The van der Waals surface area contributed by atoms with Gasteiger partial charge in [-0.15, -0.1) is 0 Å². The maximum Gasteiger partial charge on any atom is 0.0270 e. The van der Waals surface area contributed by atoms with Crippen molar-refractivity contribution < 1.29 is 0 Å². The zero-order valence-electron chi connectivity index (χ0n) is 14.0. The predicted molar refractivity (Wildman–Crippen MR) is 94.2 cm³/mol. The monoisotopic (exact) mass is 311 g/mol. The number of piperidine rings is 1. The Morgan fingerprint density at radius 1 is 1.09 bits per heavy atom. The van der Waals surface area contributed by atoms with Gasteiger partial charge in [-0.3, -0.25) is 4.98 Å². The largest absolute Gasteiger partial charge is 0.314 e. The lowest BCUT2D eigenvalue weighted by atomic mass is 9.93. The van der Waals surface area contributed by atoms with Crippen LogP contribution in [0.15, 0.2) is 36.7 Å². The minimum Gasteiger partial charge on any atom is -0.314 e. The van der Waals surface area contributed by atoms with Crippen LogP contribution in [0.4, 0.5) is 0 Å². The summed E-state index contributed by atoms with van der Waals surface area (Å²) in [6.07, 6.45) is 15.4. The quantitative estimate of drug-likeness (QED) is 0.819. The second kappa shape index (κ2) is 7.14. The van der Waals surface area contributed by atoms with Gasteiger partial charge < -0.3 is 10.2 Å². The maximum absolute atomic E-state index is 4.09. The van der Waals surface area contributed by atoms with Crippen molar-refractivity contribution >= 4 is 0 Å². The SMILES string of the molecule is C1=CC2CC1CC2CNC1CCN(CCc2ccncc2)CC1. The molecule has 2 heterocycles. The summed E-state index contributed by atoms with van der Waals surface area (Å²) in [6.45, 7) is 4.93. The first-order valence-electron chi connectivity index (χ1n) is 9.40. The standard InChI is InChI=1S/C20H29N3/c1-2-18-13-17(1)14-19(18)15-22-20-6-11-23(12-7-20)10-5-16-3-8-21-9-4-16/h1-4,8-9,17-20,22H,5-7,10-15H2. The fraction of sp³-hybridized carbons (Fsp3) is 0.650. The Kier molecular flexibility index (Phi) is 4.77. The minimum atomic E-state index is 0.746. The average Bonchev–Trinajstić information content (AvgIpc) is 3.23.